The SMILES string of the molecule is COC(=O)C(C)CC(O)c1ccc(Cl)c(Br)c1. The second kappa shape index (κ2) is 6.38. The van der Waals surface area contributed by atoms with Gasteiger partial charge in [0, 0.05) is 4.47 Å². The molecule has 0 saturated carbocycles. The molecule has 0 fully saturated rings. The fraction of sp³-hybridized carbons (Fsp3) is 0.417. The molecule has 94 valence electrons. The van der Waals surface area contributed by atoms with Crippen LogP contribution in [0.15, 0.2) is 22.7 Å². The Kier molecular flexibility index (Phi) is 5.43. The van der Waals surface area contributed by atoms with Crippen molar-refractivity contribution in [2.24, 2.45) is 5.92 Å². The zero-order chi connectivity index (χ0) is 13.0. The molecule has 0 radical (unpaired) electrons. The number of hydrogen-bond acceptors (Lipinski definition) is 3. The summed E-state index contributed by atoms with van der Waals surface area (Å²) >= 11 is 9.15. The molecule has 17 heavy (non-hydrogen) atoms. The monoisotopic (exact) mass is 320 g/mol. The summed E-state index contributed by atoms with van der Waals surface area (Å²) < 4.78 is 5.33. The molecule has 5 heteroatoms. The first-order chi connectivity index (χ1) is 7.95. The number of carbonyl (C=O) groups is 1. The minimum atomic E-state index is -0.710. The first-order valence-electron chi connectivity index (χ1n) is 5.16. The molecular weight excluding hydrogens is 307 g/mol. The molecule has 0 aliphatic rings. The minimum Gasteiger partial charge on any atom is -0.469 e. The van der Waals surface area contributed by atoms with E-state index >= 15 is 0 Å². The van der Waals surface area contributed by atoms with Gasteiger partial charge in [0.2, 0.25) is 0 Å². The maximum Gasteiger partial charge on any atom is 0.308 e. The first-order valence-corrected chi connectivity index (χ1v) is 6.33. The number of carbonyl (C=O) groups excluding carboxylic acids is 1. The van der Waals surface area contributed by atoms with Crippen molar-refractivity contribution in [1.82, 2.24) is 0 Å². The number of esters is 1. The fourth-order valence-corrected chi connectivity index (χ4v) is 2.00. The highest BCUT2D eigenvalue weighted by atomic mass is 79.9. The lowest BCUT2D eigenvalue weighted by Crippen LogP contribution is -2.16. The van der Waals surface area contributed by atoms with Crippen LogP contribution in [0.3, 0.4) is 0 Å². The lowest BCUT2D eigenvalue weighted by molar-refractivity contribution is -0.145. The molecule has 0 aromatic heterocycles. The summed E-state index contributed by atoms with van der Waals surface area (Å²) in [5, 5.41) is 10.6. The van der Waals surface area contributed by atoms with Gasteiger partial charge in [-0.2, -0.15) is 0 Å². The molecular formula is C12H14BrClO3. The smallest absolute Gasteiger partial charge is 0.308 e. The fourth-order valence-electron chi connectivity index (χ4n) is 1.49. The van der Waals surface area contributed by atoms with Crippen LogP contribution in [0.4, 0.5) is 0 Å². The van der Waals surface area contributed by atoms with Gasteiger partial charge in [-0.25, -0.2) is 0 Å². The van der Waals surface area contributed by atoms with Crippen LogP contribution < -0.4 is 0 Å². The van der Waals surface area contributed by atoms with E-state index in [2.05, 4.69) is 20.7 Å². The van der Waals surface area contributed by atoms with Crippen LogP contribution >= 0.6 is 27.5 Å². The summed E-state index contributed by atoms with van der Waals surface area (Å²) in [7, 11) is 1.34. The molecule has 0 bridgehead atoms. The summed E-state index contributed by atoms with van der Waals surface area (Å²) in [6.07, 6.45) is -0.390. The molecule has 3 nitrogen and oxygen atoms in total. The van der Waals surface area contributed by atoms with Crippen LogP contribution in [0.25, 0.3) is 0 Å². The van der Waals surface area contributed by atoms with Gasteiger partial charge in [-0.3, -0.25) is 4.79 Å². The number of aliphatic hydroxyl groups excluding tert-OH is 1. The first kappa shape index (κ1) is 14.5. The molecule has 0 saturated heterocycles. The van der Waals surface area contributed by atoms with E-state index in [0.29, 0.717) is 11.4 Å². The van der Waals surface area contributed by atoms with E-state index in [1.165, 1.54) is 7.11 Å². The van der Waals surface area contributed by atoms with Gasteiger partial charge in [0.25, 0.3) is 0 Å². The summed E-state index contributed by atoms with van der Waals surface area (Å²) in [6, 6.07) is 5.19. The van der Waals surface area contributed by atoms with Gasteiger partial charge in [0.05, 0.1) is 24.2 Å². The minimum absolute atomic E-state index is 0.320. The number of aliphatic hydroxyl groups is 1. The molecule has 0 heterocycles. The average molecular weight is 322 g/mol. The standard InChI is InChI=1S/C12H14BrClO3/c1-7(12(16)17-2)5-11(15)8-3-4-10(14)9(13)6-8/h3-4,6-7,11,15H,5H2,1-2H3. The van der Waals surface area contributed by atoms with E-state index in [1.807, 2.05) is 0 Å². The van der Waals surface area contributed by atoms with Crippen molar-refractivity contribution in [2.45, 2.75) is 19.4 Å². The normalized spacial score (nSPS) is 14.2. The van der Waals surface area contributed by atoms with Gasteiger partial charge in [-0.1, -0.05) is 24.6 Å². The molecule has 2 unspecified atom stereocenters. The molecule has 1 N–H and O–H groups in total. The topological polar surface area (TPSA) is 46.5 Å². The summed E-state index contributed by atoms with van der Waals surface area (Å²) in [5.74, 6) is -0.665. The molecule has 1 aromatic carbocycles. The Hall–Kier alpha value is -0.580. The quantitative estimate of drug-likeness (QED) is 0.865. The molecule has 1 rings (SSSR count). The van der Waals surface area contributed by atoms with E-state index < -0.39 is 6.10 Å². The third kappa shape index (κ3) is 3.98. The highest BCUT2D eigenvalue weighted by molar-refractivity contribution is 9.10. The largest absolute Gasteiger partial charge is 0.469 e. The summed E-state index contributed by atoms with van der Waals surface area (Å²) in [5.41, 5.74) is 0.719. The third-order valence-corrected chi connectivity index (χ3v) is 3.72. The maximum atomic E-state index is 11.2. The van der Waals surface area contributed by atoms with Gasteiger partial charge >= 0.3 is 5.97 Å². The zero-order valence-electron chi connectivity index (χ0n) is 9.61. The Morgan fingerprint density at radius 3 is 2.76 bits per heavy atom. The van der Waals surface area contributed by atoms with Crippen LogP contribution in [0.2, 0.25) is 5.02 Å². The van der Waals surface area contributed by atoms with Crippen LogP contribution in [0, 0.1) is 5.92 Å². The van der Waals surface area contributed by atoms with Gasteiger partial charge in [0.1, 0.15) is 0 Å². The van der Waals surface area contributed by atoms with Gasteiger partial charge in [-0.15, -0.1) is 0 Å². The lowest BCUT2D eigenvalue weighted by Gasteiger charge is -2.15. The number of benzene rings is 1. The van der Waals surface area contributed by atoms with Gasteiger partial charge in [-0.05, 0) is 40.0 Å². The Morgan fingerprint density at radius 1 is 1.59 bits per heavy atom. The molecule has 0 amide bonds. The Bertz CT molecular complexity index is 409. The van der Waals surface area contributed by atoms with E-state index in [9.17, 15) is 9.90 Å². The highest BCUT2D eigenvalue weighted by Gasteiger charge is 2.19. The Morgan fingerprint density at radius 2 is 2.24 bits per heavy atom. The molecule has 0 aliphatic carbocycles. The van der Waals surface area contributed by atoms with E-state index in [-0.39, 0.29) is 11.9 Å². The van der Waals surface area contributed by atoms with E-state index in [0.717, 1.165) is 10.0 Å². The Labute approximate surface area is 114 Å². The summed E-state index contributed by atoms with van der Waals surface area (Å²) in [4.78, 5) is 11.2. The van der Waals surface area contributed by atoms with Crippen molar-refractivity contribution in [2.75, 3.05) is 7.11 Å². The van der Waals surface area contributed by atoms with Crippen molar-refractivity contribution < 1.29 is 14.6 Å². The van der Waals surface area contributed by atoms with Crippen LogP contribution in [-0.4, -0.2) is 18.2 Å². The lowest BCUT2D eigenvalue weighted by atomic mass is 9.98. The van der Waals surface area contributed by atoms with Gasteiger partial charge in [0.15, 0.2) is 0 Å². The number of ether oxygens (including phenoxy) is 1. The second-order valence-electron chi connectivity index (χ2n) is 3.85. The summed E-state index contributed by atoms with van der Waals surface area (Å²) in [6.45, 7) is 1.72. The molecule has 1 aromatic rings. The Balaban J connectivity index is 2.72. The van der Waals surface area contributed by atoms with Crippen molar-refractivity contribution in [1.29, 1.82) is 0 Å². The van der Waals surface area contributed by atoms with Crippen LogP contribution in [0.5, 0.6) is 0 Å². The van der Waals surface area contributed by atoms with Crippen molar-refractivity contribution in [3.8, 4) is 0 Å². The van der Waals surface area contributed by atoms with E-state index in [1.54, 1.807) is 25.1 Å². The van der Waals surface area contributed by atoms with Gasteiger partial charge < -0.3 is 9.84 Å². The number of rotatable bonds is 4. The molecule has 2 atom stereocenters. The van der Waals surface area contributed by atoms with Crippen LogP contribution in [0.1, 0.15) is 25.0 Å². The third-order valence-electron chi connectivity index (χ3n) is 2.51. The van der Waals surface area contributed by atoms with Crippen LogP contribution in [-0.2, 0) is 9.53 Å². The van der Waals surface area contributed by atoms with E-state index in [4.69, 9.17) is 11.6 Å². The highest BCUT2D eigenvalue weighted by Crippen LogP contribution is 2.28. The molecule has 0 spiro atoms. The maximum absolute atomic E-state index is 11.2. The number of halogens is 2. The average Bonchev–Trinajstić information content (AvgIpc) is 2.31. The van der Waals surface area contributed by atoms with Crippen molar-refractivity contribution >= 4 is 33.5 Å². The zero-order valence-corrected chi connectivity index (χ0v) is 12.0. The predicted molar refractivity (Wildman–Crippen MR) is 69.9 cm³/mol. The number of methoxy groups -OCH3 is 1. The van der Waals surface area contributed by atoms with Crippen molar-refractivity contribution in [3.63, 3.8) is 0 Å². The second-order valence-corrected chi connectivity index (χ2v) is 5.11. The molecule has 0 aliphatic heterocycles. The predicted octanol–water partition coefficient (Wildman–Crippen LogP) is 3.34. The van der Waals surface area contributed by atoms with Crippen molar-refractivity contribution in [3.05, 3.63) is 33.3 Å². The number of hydrogen-bond donors (Lipinski definition) is 1.